The Morgan fingerprint density at radius 1 is 0.738 bits per heavy atom. The number of aldehydes is 1. The fourth-order valence-corrected chi connectivity index (χ4v) is 5.69. The number of aliphatic hydroxyl groups excluding tert-OH is 2. The SMILES string of the molecule is CC(=O)C=C(C)C.CC(C)=CC(=O)/C=C/C(C)C.CC(C)=CC(=O)CC(O)C(C)C.CC(C)C1CC(=O)CC(C)(C)N1.CC(C)C1CC(O)CC(C)(C)N1.CC(C)C=O.[B].[H-].[Na+]. The van der Waals surface area contributed by atoms with Gasteiger partial charge in [0.25, 0.3) is 0 Å². The summed E-state index contributed by atoms with van der Waals surface area (Å²) in [6.45, 7) is 41.8. The first kappa shape index (κ1) is 70.9. The zero-order valence-electron chi connectivity index (χ0n) is 44.2. The Labute approximate surface area is 401 Å². The van der Waals surface area contributed by atoms with E-state index in [9.17, 15) is 34.2 Å². The van der Waals surface area contributed by atoms with Gasteiger partial charge in [-0.15, -0.1) is 0 Å². The third-order valence-corrected chi connectivity index (χ3v) is 8.59. The van der Waals surface area contributed by atoms with Gasteiger partial charge in [-0.1, -0.05) is 92.0 Å². The number of allylic oxidation sites excluding steroid dienone is 8. The molecule has 9 nitrogen and oxygen atoms in total. The van der Waals surface area contributed by atoms with E-state index in [1.807, 2.05) is 89.2 Å². The minimum Gasteiger partial charge on any atom is -1.00 e. The minimum atomic E-state index is -0.506. The number of nitrogens with one attached hydrogen (secondary N) is 2. The summed E-state index contributed by atoms with van der Waals surface area (Å²) in [6, 6.07) is 0.852. The van der Waals surface area contributed by atoms with Crippen molar-refractivity contribution in [1.82, 2.24) is 10.6 Å². The van der Waals surface area contributed by atoms with Gasteiger partial charge in [0.2, 0.25) is 0 Å². The number of Topliss-reactive ketones (excluding diaryl/α,β-unsaturated/α-hetero) is 1. The molecule has 0 spiro atoms. The zero-order chi connectivity index (χ0) is 47.4. The fraction of sp³-hybridized carbons (Fsp3) is 0.740. The van der Waals surface area contributed by atoms with Crippen LogP contribution in [0.25, 0.3) is 0 Å². The molecule has 0 aromatic rings. The molecule has 0 saturated carbocycles. The molecule has 0 aliphatic carbocycles. The first-order valence-electron chi connectivity index (χ1n) is 21.7. The summed E-state index contributed by atoms with van der Waals surface area (Å²) < 4.78 is 0. The summed E-state index contributed by atoms with van der Waals surface area (Å²) in [6.07, 6.45) is 12.0. The summed E-state index contributed by atoms with van der Waals surface area (Å²) in [5, 5.41) is 26.0. The quantitative estimate of drug-likeness (QED) is 0.0974. The third-order valence-electron chi connectivity index (χ3n) is 8.59. The topological polar surface area (TPSA) is 150 Å². The Morgan fingerprint density at radius 2 is 1.16 bits per heavy atom. The molecule has 2 rings (SSSR count). The number of ketones is 4. The van der Waals surface area contributed by atoms with Gasteiger partial charge in [0.05, 0.1) is 12.2 Å². The Morgan fingerprint density at radius 3 is 1.46 bits per heavy atom. The maximum atomic E-state index is 11.4. The predicted octanol–water partition coefficient (Wildman–Crippen LogP) is 7.06. The molecule has 0 bridgehead atoms. The molecule has 0 amide bonds. The fourth-order valence-electron chi connectivity index (χ4n) is 5.69. The summed E-state index contributed by atoms with van der Waals surface area (Å²) in [7, 11) is 0. The summed E-state index contributed by atoms with van der Waals surface area (Å²) in [4.78, 5) is 53.2. The molecule has 3 radical (unpaired) electrons. The number of hydrogen-bond acceptors (Lipinski definition) is 9. The molecule has 61 heavy (non-hydrogen) atoms. The molecular weight excluding hydrogens is 774 g/mol. The van der Waals surface area contributed by atoms with Crippen LogP contribution in [0.3, 0.4) is 0 Å². The summed E-state index contributed by atoms with van der Waals surface area (Å²) in [5.74, 6) is 2.58. The van der Waals surface area contributed by atoms with Gasteiger partial charge in [-0.3, -0.25) is 19.2 Å². The second-order valence-electron chi connectivity index (χ2n) is 19.9. The molecule has 4 atom stereocenters. The van der Waals surface area contributed by atoms with Gasteiger partial charge >= 0.3 is 29.6 Å². The number of hydrogen-bond donors (Lipinski definition) is 4. The van der Waals surface area contributed by atoms with Crippen molar-refractivity contribution in [3.63, 3.8) is 0 Å². The maximum absolute atomic E-state index is 11.4. The molecule has 349 valence electrons. The van der Waals surface area contributed by atoms with Crippen LogP contribution in [0.4, 0.5) is 0 Å². The second kappa shape index (κ2) is 37.6. The van der Waals surface area contributed by atoms with Crippen LogP contribution < -0.4 is 40.2 Å². The van der Waals surface area contributed by atoms with Crippen molar-refractivity contribution in [1.29, 1.82) is 0 Å². The van der Waals surface area contributed by atoms with E-state index in [2.05, 4.69) is 66.0 Å². The maximum Gasteiger partial charge on any atom is 1.00 e. The number of aliphatic hydroxyl groups is 2. The molecule has 2 aliphatic heterocycles. The molecule has 4 N–H and O–H groups in total. The Hall–Kier alpha value is -1.79. The molecule has 2 aliphatic rings. The zero-order valence-corrected chi connectivity index (χ0v) is 45.2. The van der Waals surface area contributed by atoms with E-state index in [1.54, 1.807) is 31.2 Å². The van der Waals surface area contributed by atoms with Crippen LogP contribution in [0.5, 0.6) is 0 Å². The van der Waals surface area contributed by atoms with Crippen LogP contribution in [0, 0.1) is 29.6 Å². The molecule has 0 aromatic carbocycles. The molecule has 2 saturated heterocycles. The van der Waals surface area contributed by atoms with E-state index in [4.69, 9.17) is 0 Å². The van der Waals surface area contributed by atoms with E-state index in [1.165, 1.54) is 0 Å². The molecule has 2 heterocycles. The van der Waals surface area contributed by atoms with E-state index >= 15 is 0 Å². The average Bonchev–Trinajstić information content (AvgIpc) is 3.02. The minimum absolute atomic E-state index is 0. The van der Waals surface area contributed by atoms with E-state index in [0.29, 0.717) is 48.5 Å². The number of carbonyl (C=O) groups excluding carboxylic acids is 5. The molecule has 0 aromatic heterocycles. The van der Waals surface area contributed by atoms with E-state index in [-0.39, 0.29) is 92.2 Å². The molecule has 11 heteroatoms. The van der Waals surface area contributed by atoms with Gasteiger partial charge in [0.1, 0.15) is 12.1 Å². The first-order chi connectivity index (χ1) is 26.7. The monoisotopic (exact) mass is 868 g/mol. The van der Waals surface area contributed by atoms with Crippen LogP contribution in [-0.4, -0.2) is 83.4 Å². The van der Waals surface area contributed by atoms with Crippen LogP contribution in [-0.2, 0) is 24.0 Å². The largest absolute Gasteiger partial charge is 1.00 e. The van der Waals surface area contributed by atoms with Crippen molar-refractivity contribution < 1.29 is 65.2 Å². The van der Waals surface area contributed by atoms with Crippen LogP contribution in [0.1, 0.15) is 179 Å². The van der Waals surface area contributed by atoms with Crippen molar-refractivity contribution in [3.05, 3.63) is 47.1 Å². The summed E-state index contributed by atoms with van der Waals surface area (Å²) >= 11 is 0. The van der Waals surface area contributed by atoms with Crippen molar-refractivity contribution >= 4 is 37.8 Å². The second-order valence-corrected chi connectivity index (χ2v) is 19.9. The first-order valence-corrected chi connectivity index (χ1v) is 21.7. The van der Waals surface area contributed by atoms with Crippen molar-refractivity contribution in [2.24, 2.45) is 29.6 Å². The van der Waals surface area contributed by atoms with Gasteiger partial charge in [-0.2, -0.15) is 0 Å². The molecule has 2 fully saturated rings. The number of rotatable bonds is 11. The van der Waals surface area contributed by atoms with Crippen molar-refractivity contribution in [3.8, 4) is 0 Å². The third kappa shape index (κ3) is 49.1. The van der Waals surface area contributed by atoms with Gasteiger partial charge < -0.3 is 27.1 Å². The van der Waals surface area contributed by atoms with Crippen molar-refractivity contribution in [2.75, 3.05) is 0 Å². The number of piperidine rings is 2. The van der Waals surface area contributed by atoms with E-state index in [0.717, 1.165) is 35.8 Å². The Bertz CT molecular complexity index is 1360. The number of carbonyl (C=O) groups is 5. The van der Waals surface area contributed by atoms with Crippen LogP contribution in [0.2, 0.25) is 0 Å². The molecule has 4 unspecified atom stereocenters. The predicted molar refractivity (Wildman–Crippen MR) is 257 cm³/mol. The average molecular weight is 868 g/mol. The Kier molecular flexibility index (Phi) is 43.7. The smallest absolute Gasteiger partial charge is 1.00 e. The van der Waals surface area contributed by atoms with Gasteiger partial charge in [-0.25, -0.2) is 0 Å². The van der Waals surface area contributed by atoms with Gasteiger partial charge in [-0.05, 0) is 137 Å². The van der Waals surface area contributed by atoms with Crippen LogP contribution >= 0.6 is 0 Å². The van der Waals surface area contributed by atoms with Gasteiger partial charge in [0, 0.05) is 56.8 Å². The normalized spacial score (nSPS) is 18.8. The van der Waals surface area contributed by atoms with Gasteiger partial charge in [0.15, 0.2) is 17.3 Å². The molecular formula is C50H93BN2NaO7. The summed E-state index contributed by atoms with van der Waals surface area (Å²) in [5.41, 5.74) is 3.20. The van der Waals surface area contributed by atoms with Crippen LogP contribution in [0.15, 0.2) is 47.1 Å². The Balaban J connectivity index is -0.000000118. The van der Waals surface area contributed by atoms with E-state index < -0.39 is 6.10 Å². The standard InChI is InChI=1S/C10H21NO.C10H19NO.C10H18O2.C10H16O.C6H10O.C4H8O.B.Na.H/c2*1-7(2)9-5-8(12)6-10(3,4)11-9;1-7(2)5-9(11)6-10(12)8(3)4;1-8(2)5-6-10(11)7-9(3)4;1-5(2)4-6(3)7;1-4(2)3-5;;;/h7-9,11-12H,5-6H2,1-4H3;7,9,11H,5-6H2,1-4H3;5,8,10,12H,6H2,1-4H3;5-8H,1-4H3;4H,1-3H3;3-4H,1-2H3;;;/q;;;;;;;+1;-1/b;;;6-5+;;;;;. The van der Waals surface area contributed by atoms with Crippen molar-refractivity contribution in [2.45, 2.75) is 213 Å².